The van der Waals surface area contributed by atoms with Crippen molar-refractivity contribution in [1.29, 1.82) is 0 Å². The van der Waals surface area contributed by atoms with Gasteiger partial charge in [-0.1, -0.05) is 25.3 Å². The summed E-state index contributed by atoms with van der Waals surface area (Å²) in [6.07, 6.45) is 4.95. The van der Waals surface area contributed by atoms with Crippen molar-refractivity contribution in [2.75, 3.05) is 6.61 Å². The van der Waals surface area contributed by atoms with E-state index < -0.39 is 5.97 Å². The summed E-state index contributed by atoms with van der Waals surface area (Å²) in [6.45, 7) is 2.55. The van der Waals surface area contributed by atoms with Crippen molar-refractivity contribution in [2.24, 2.45) is 5.92 Å². The highest BCUT2D eigenvalue weighted by molar-refractivity contribution is 5.90. The number of aryl methyl sites for hydroxylation is 1. The number of carboxylic acid groups (broad SMARTS) is 1. The molecule has 1 aliphatic rings. The molecule has 0 amide bonds. The molecule has 0 atom stereocenters. The van der Waals surface area contributed by atoms with Gasteiger partial charge in [0.25, 0.3) is 0 Å². The predicted octanol–water partition coefficient (Wildman–Crippen LogP) is 3.26. The summed E-state index contributed by atoms with van der Waals surface area (Å²) in [7, 11) is 0. The van der Waals surface area contributed by atoms with Crippen LogP contribution in [0.1, 0.15) is 41.6 Å². The average molecular weight is 234 g/mol. The molecule has 1 aromatic rings. The molecule has 1 aromatic carbocycles. The molecule has 0 unspecified atom stereocenters. The van der Waals surface area contributed by atoms with Crippen molar-refractivity contribution < 1.29 is 14.6 Å². The van der Waals surface area contributed by atoms with E-state index in [-0.39, 0.29) is 5.56 Å². The Hall–Kier alpha value is -1.51. The molecule has 0 heterocycles. The lowest BCUT2D eigenvalue weighted by Gasteiger charge is -2.25. The highest BCUT2D eigenvalue weighted by atomic mass is 16.5. The third-order valence-corrected chi connectivity index (χ3v) is 3.38. The zero-order valence-corrected chi connectivity index (χ0v) is 10.1. The van der Waals surface area contributed by atoms with E-state index in [9.17, 15) is 4.79 Å². The molecule has 0 saturated heterocycles. The second kappa shape index (κ2) is 5.21. The van der Waals surface area contributed by atoms with Crippen LogP contribution < -0.4 is 4.74 Å². The lowest BCUT2D eigenvalue weighted by Crippen LogP contribution is -2.15. The maximum Gasteiger partial charge on any atom is 0.339 e. The zero-order chi connectivity index (χ0) is 12.3. The number of carboxylic acids is 1. The first-order chi connectivity index (χ1) is 8.16. The second-order valence-corrected chi connectivity index (χ2v) is 4.74. The molecule has 2 rings (SSSR count). The van der Waals surface area contributed by atoms with Crippen molar-refractivity contribution in [3.8, 4) is 5.75 Å². The molecule has 0 spiro atoms. The molecule has 3 nitrogen and oxygen atoms in total. The molecule has 0 aliphatic heterocycles. The molecule has 1 N–H and O–H groups in total. The maximum atomic E-state index is 11.0. The topological polar surface area (TPSA) is 46.5 Å². The minimum atomic E-state index is -0.927. The van der Waals surface area contributed by atoms with Gasteiger partial charge in [0.2, 0.25) is 0 Å². The quantitative estimate of drug-likeness (QED) is 0.850. The van der Waals surface area contributed by atoms with E-state index in [4.69, 9.17) is 9.84 Å². The Balaban J connectivity index is 1.97. The third-order valence-electron chi connectivity index (χ3n) is 3.38. The third kappa shape index (κ3) is 2.99. The molecular weight excluding hydrogens is 216 g/mol. The van der Waals surface area contributed by atoms with Crippen LogP contribution in [-0.4, -0.2) is 17.7 Å². The fourth-order valence-electron chi connectivity index (χ4n) is 2.04. The van der Waals surface area contributed by atoms with E-state index in [1.807, 2.05) is 6.92 Å². The SMILES string of the molecule is Cc1ccc(C(=O)O)c(OCCC2CCC2)c1. The summed E-state index contributed by atoms with van der Waals surface area (Å²) in [6, 6.07) is 5.20. The standard InChI is InChI=1S/C14H18O3/c1-10-5-6-12(14(15)16)13(9-10)17-8-7-11-3-2-4-11/h5-6,9,11H,2-4,7-8H2,1H3,(H,15,16). The molecule has 3 heteroatoms. The Morgan fingerprint density at radius 3 is 2.82 bits per heavy atom. The lowest BCUT2D eigenvalue weighted by atomic mass is 9.83. The van der Waals surface area contributed by atoms with Gasteiger partial charge in [0.1, 0.15) is 11.3 Å². The van der Waals surface area contributed by atoms with Gasteiger partial charge in [-0.05, 0) is 37.0 Å². The van der Waals surface area contributed by atoms with Crippen LogP contribution in [0.5, 0.6) is 5.75 Å². The van der Waals surface area contributed by atoms with Crippen molar-refractivity contribution in [3.63, 3.8) is 0 Å². The smallest absolute Gasteiger partial charge is 0.339 e. The van der Waals surface area contributed by atoms with Gasteiger partial charge in [0.15, 0.2) is 0 Å². The highest BCUT2D eigenvalue weighted by Crippen LogP contribution is 2.29. The summed E-state index contributed by atoms with van der Waals surface area (Å²) in [4.78, 5) is 11.0. The van der Waals surface area contributed by atoms with Gasteiger partial charge in [-0.25, -0.2) is 4.79 Å². The fraction of sp³-hybridized carbons (Fsp3) is 0.500. The minimum Gasteiger partial charge on any atom is -0.493 e. The molecule has 0 bridgehead atoms. The van der Waals surface area contributed by atoms with Gasteiger partial charge in [0, 0.05) is 0 Å². The van der Waals surface area contributed by atoms with E-state index in [2.05, 4.69) is 0 Å². The van der Waals surface area contributed by atoms with Crippen molar-refractivity contribution in [3.05, 3.63) is 29.3 Å². The van der Waals surface area contributed by atoms with E-state index in [1.165, 1.54) is 19.3 Å². The van der Waals surface area contributed by atoms with Gasteiger partial charge in [-0.3, -0.25) is 0 Å². The first-order valence-electron chi connectivity index (χ1n) is 6.13. The number of rotatable bonds is 5. The Labute approximate surface area is 101 Å². The lowest BCUT2D eigenvalue weighted by molar-refractivity contribution is 0.0691. The monoisotopic (exact) mass is 234 g/mol. The van der Waals surface area contributed by atoms with Crippen LogP contribution in [0, 0.1) is 12.8 Å². The van der Waals surface area contributed by atoms with Crippen LogP contribution in [0.15, 0.2) is 18.2 Å². The zero-order valence-electron chi connectivity index (χ0n) is 10.1. The number of benzene rings is 1. The Morgan fingerprint density at radius 1 is 1.47 bits per heavy atom. The number of aromatic carboxylic acids is 1. The summed E-state index contributed by atoms with van der Waals surface area (Å²) in [5.74, 6) is 0.355. The van der Waals surface area contributed by atoms with Gasteiger partial charge < -0.3 is 9.84 Å². The first-order valence-corrected chi connectivity index (χ1v) is 6.13. The van der Waals surface area contributed by atoms with Crippen molar-refractivity contribution >= 4 is 5.97 Å². The summed E-state index contributed by atoms with van der Waals surface area (Å²) >= 11 is 0. The van der Waals surface area contributed by atoms with Crippen LogP contribution in [0.3, 0.4) is 0 Å². The van der Waals surface area contributed by atoms with E-state index >= 15 is 0 Å². The van der Waals surface area contributed by atoms with E-state index in [0.29, 0.717) is 12.4 Å². The molecule has 92 valence electrons. The predicted molar refractivity (Wildman–Crippen MR) is 65.6 cm³/mol. The molecule has 1 saturated carbocycles. The summed E-state index contributed by atoms with van der Waals surface area (Å²) < 4.78 is 5.60. The normalized spacial score (nSPS) is 15.4. The second-order valence-electron chi connectivity index (χ2n) is 4.74. The Morgan fingerprint density at radius 2 is 2.24 bits per heavy atom. The summed E-state index contributed by atoms with van der Waals surface area (Å²) in [5, 5.41) is 9.04. The fourth-order valence-corrected chi connectivity index (χ4v) is 2.04. The van der Waals surface area contributed by atoms with Gasteiger partial charge in [-0.2, -0.15) is 0 Å². The number of ether oxygens (including phenoxy) is 1. The average Bonchev–Trinajstić information content (AvgIpc) is 2.21. The van der Waals surface area contributed by atoms with Crippen LogP contribution in [0.25, 0.3) is 0 Å². The van der Waals surface area contributed by atoms with Gasteiger partial charge >= 0.3 is 5.97 Å². The molecular formula is C14H18O3. The van der Waals surface area contributed by atoms with Crippen LogP contribution in [-0.2, 0) is 0 Å². The van der Waals surface area contributed by atoms with Crippen LogP contribution in [0.2, 0.25) is 0 Å². The van der Waals surface area contributed by atoms with Crippen LogP contribution in [0.4, 0.5) is 0 Å². The molecule has 0 radical (unpaired) electrons. The highest BCUT2D eigenvalue weighted by Gasteiger charge is 2.17. The number of carbonyl (C=O) groups is 1. The molecule has 1 aliphatic carbocycles. The minimum absolute atomic E-state index is 0.254. The Bertz CT molecular complexity index is 408. The maximum absolute atomic E-state index is 11.0. The van der Waals surface area contributed by atoms with E-state index in [1.54, 1.807) is 18.2 Å². The Kier molecular flexibility index (Phi) is 3.67. The van der Waals surface area contributed by atoms with Crippen molar-refractivity contribution in [2.45, 2.75) is 32.6 Å². The largest absolute Gasteiger partial charge is 0.493 e. The molecule has 0 aromatic heterocycles. The first kappa shape index (κ1) is 12.0. The van der Waals surface area contributed by atoms with Crippen LogP contribution >= 0.6 is 0 Å². The molecule has 17 heavy (non-hydrogen) atoms. The number of hydrogen-bond donors (Lipinski definition) is 1. The van der Waals surface area contributed by atoms with Gasteiger partial charge in [0.05, 0.1) is 6.61 Å². The van der Waals surface area contributed by atoms with Crippen molar-refractivity contribution in [1.82, 2.24) is 0 Å². The van der Waals surface area contributed by atoms with E-state index in [0.717, 1.165) is 17.9 Å². The summed E-state index contributed by atoms with van der Waals surface area (Å²) in [5.41, 5.74) is 1.28. The number of hydrogen-bond acceptors (Lipinski definition) is 2. The van der Waals surface area contributed by atoms with Gasteiger partial charge in [-0.15, -0.1) is 0 Å². The molecule has 1 fully saturated rings.